The van der Waals surface area contributed by atoms with Gasteiger partial charge in [0.25, 0.3) is 0 Å². The van der Waals surface area contributed by atoms with E-state index in [1.54, 1.807) is 18.2 Å². The van der Waals surface area contributed by atoms with Crippen LogP contribution in [-0.2, 0) is 4.79 Å². The molecule has 0 aliphatic heterocycles. The minimum absolute atomic E-state index is 0.165. The van der Waals surface area contributed by atoms with E-state index in [4.69, 9.17) is 27.9 Å². The van der Waals surface area contributed by atoms with Crippen molar-refractivity contribution >= 4 is 55.8 Å². The van der Waals surface area contributed by atoms with Crippen LogP contribution in [0, 0.1) is 0 Å². The van der Waals surface area contributed by atoms with Crippen LogP contribution in [-0.4, -0.2) is 17.5 Å². The van der Waals surface area contributed by atoms with Crippen LogP contribution in [0.1, 0.15) is 6.42 Å². The second-order valence-corrected chi connectivity index (χ2v) is 6.58. The van der Waals surface area contributed by atoms with Crippen molar-refractivity contribution in [3.63, 3.8) is 0 Å². The number of fused-ring (bicyclic) bond motifs is 1. The molecular formula is C16H12Cl2N2O2S. The van der Waals surface area contributed by atoms with Crippen LogP contribution in [0.3, 0.4) is 0 Å². The molecular weight excluding hydrogens is 355 g/mol. The summed E-state index contributed by atoms with van der Waals surface area (Å²) in [7, 11) is 0. The summed E-state index contributed by atoms with van der Waals surface area (Å²) in [5, 5.41) is 4.48. The third kappa shape index (κ3) is 4.13. The number of carbonyl (C=O) groups excluding carboxylic acids is 1. The van der Waals surface area contributed by atoms with Crippen molar-refractivity contribution in [1.29, 1.82) is 0 Å². The molecule has 1 aromatic heterocycles. The third-order valence-electron chi connectivity index (χ3n) is 3.02. The van der Waals surface area contributed by atoms with Crippen LogP contribution >= 0.6 is 34.5 Å². The number of benzene rings is 2. The highest BCUT2D eigenvalue weighted by atomic mass is 35.5. The number of amides is 1. The molecule has 3 rings (SSSR count). The number of ether oxygens (including phenoxy) is 1. The van der Waals surface area contributed by atoms with Gasteiger partial charge in [0.05, 0.1) is 28.3 Å². The highest BCUT2D eigenvalue weighted by Gasteiger charge is 2.09. The highest BCUT2D eigenvalue weighted by molar-refractivity contribution is 7.22. The summed E-state index contributed by atoms with van der Waals surface area (Å²) in [5.41, 5.74) is 0.807. The van der Waals surface area contributed by atoms with Crippen LogP contribution in [0.25, 0.3) is 10.2 Å². The fourth-order valence-electron chi connectivity index (χ4n) is 1.95. The van der Waals surface area contributed by atoms with Crippen molar-refractivity contribution in [2.45, 2.75) is 6.42 Å². The van der Waals surface area contributed by atoms with Gasteiger partial charge < -0.3 is 10.1 Å². The Kier molecular flexibility index (Phi) is 5.00. The summed E-state index contributed by atoms with van der Waals surface area (Å²) in [6.45, 7) is 0.242. The monoisotopic (exact) mass is 366 g/mol. The average molecular weight is 367 g/mol. The molecule has 7 heteroatoms. The third-order valence-corrected chi connectivity index (χ3v) is 4.50. The van der Waals surface area contributed by atoms with Crippen LogP contribution in [0.2, 0.25) is 10.0 Å². The van der Waals surface area contributed by atoms with E-state index in [0.717, 1.165) is 10.2 Å². The molecule has 1 N–H and O–H groups in total. The van der Waals surface area contributed by atoms with Crippen molar-refractivity contribution in [3.8, 4) is 5.75 Å². The van der Waals surface area contributed by atoms with Gasteiger partial charge in [0.2, 0.25) is 5.91 Å². The van der Waals surface area contributed by atoms with Crippen molar-refractivity contribution in [1.82, 2.24) is 4.98 Å². The zero-order valence-corrected chi connectivity index (χ0v) is 14.2. The molecule has 118 valence electrons. The van der Waals surface area contributed by atoms with Gasteiger partial charge in [-0.05, 0) is 30.3 Å². The molecule has 0 unspecified atom stereocenters. The van der Waals surface area contributed by atoms with Crippen molar-refractivity contribution in [2.24, 2.45) is 0 Å². The first-order valence-electron chi connectivity index (χ1n) is 6.85. The van der Waals surface area contributed by atoms with Gasteiger partial charge in [-0.2, -0.15) is 0 Å². The first-order chi connectivity index (χ1) is 11.1. The van der Waals surface area contributed by atoms with Crippen LogP contribution in [0.15, 0.2) is 42.5 Å². The summed E-state index contributed by atoms with van der Waals surface area (Å²) in [5.74, 6) is 0.402. The lowest BCUT2D eigenvalue weighted by Gasteiger charge is -2.07. The van der Waals surface area contributed by atoms with Crippen molar-refractivity contribution < 1.29 is 9.53 Å². The summed E-state index contributed by atoms with van der Waals surface area (Å²) in [4.78, 5) is 16.3. The van der Waals surface area contributed by atoms with Gasteiger partial charge in [-0.3, -0.25) is 4.79 Å². The summed E-state index contributed by atoms with van der Waals surface area (Å²) >= 11 is 13.3. The number of aromatic nitrogens is 1. The Bertz CT molecular complexity index is 851. The Balaban J connectivity index is 1.55. The molecule has 0 spiro atoms. The maximum Gasteiger partial charge on any atom is 0.229 e. The number of hydrogen-bond acceptors (Lipinski definition) is 4. The fourth-order valence-corrected chi connectivity index (χ4v) is 3.30. The van der Waals surface area contributed by atoms with Gasteiger partial charge in [0, 0.05) is 5.02 Å². The largest absolute Gasteiger partial charge is 0.491 e. The molecule has 1 amide bonds. The molecule has 0 aliphatic carbocycles. The molecule has 0 radical (unpaired) electrons. The first-order valence-corrected chi connectivity index (χ1v) is 8.42. The molecule has 0 aliphatic rings. The molecule has 23 heavy (non-hydrogen) atoms. The number of thiazole rings is 1. The van der Waals surface area contributed by atoms with Gasteiger partial charge in [-0.25, -0.2) is 4.98 Å². The van der Waals surface area contributed by atoms with Gasteiger partial charge >= 0.3 is 0 Å². The van der Waals surface area contributed by atoms with E-state index in [-0.39, 0.29) is 18.9 Å². The number of anilines is 1. The Morgan fingerprint density at radius 1 is 1.22 bits per heavy atom. The lowest BCUT2D eigenvalue weighted by molar-refractivity contribution is -0.116. The Morgan fingerprint density at radius 3 is 2.87 bits per heavy atom. The predicted molar refractivity (Wildman–Crippen MR) is 94.8 cm³/mol. The van der Waals surface area contributed by atoms with Crippen molar-refractivity contribution in [2.75, 3.05) is 11.9 Å². The zero-order valence-electron chi connectivity index (χ0n) is 11.9. The maximum atomic E-state index is 11.9. The SMILES string of the molecule is O=C(CCOc1ccccc1Cl)Nc1nc2ccc(Cl)cc2s1. The first kappa shape index (κ1) is 16.1. The standard InChI is InChI=1S/C16H12Cl2N2O2S/c17-10-5-6-12-14(9-10)23-16(19-12)20-15(21)7-8-22-13-4-2-1-3-11(13)18/h1-6,9H,7-8H2,(H,19,20,21). The molecule has 0 saturated heterocycles. The Labute approximate surface area is 147 Å². The van der Waals surface area contributed by atoms with Gasteiger partial charge in [0.15, 0.2) is 5.13 Å². The maximum absolute atomic E-state index is 11.9. The molecule has 4 nitrogen and oxygen atoms in total. The second-order valence-electron chi connectivity index (χ2n) is 4.71. The molecule has 0 saturated carbocycles. The Hall–Kier alpha value is -1.82. The number of nitrogens with zero attached hydrogens (tertiary/aromatic N) is 1. The van der Waals surface area contributed by atoms with E-state index in [1.807, 2.05) is 24.3 Å². The van der Waals surface area contributed by atoms with E-state index in [2.05, 4.69) is 10.3 Å². The van der Waals surface area contributed by atoms with Crippen LogP contribution in [0.5, 0.6) is 5.75 Å². The topological polar surface area (TPSA) is 51.2 Å². The minimum Gasteiger partial charge on any atom is -0.491 e. The predicted octanol–water partition coefficient (Wildman–Crippen LogP) is 5.01. The molecule has 0 atom stereocenters. The lowest BCUT2D eigenvalue weighted by atomic mass is 10.3. The molecule has 3 aromatic rings. The van der Waals surface area contributed by atoms with E-state index in [1.165, 1.54) is 11.3 Å². The number of halogens is 2. The number of nitrogens with one attached hydrogen (secondary N) is 1. The molecule has 2 aromatic carbocycles. The summed E-state index contributed by atoms with van der Waals surface area (Å²) in [6, 6.07) is 12.6. The van der Waals surface area contributed by atoms with Gasteiger partial charge in [0.1, 0.15) is 5.75 Å². The van der Waals surface area contributed by atoms with Gasteiger partial charge in [-0.15, -0.1) is 0 Å². The number of rotatable bonds is 5. The van der Waals surface area contributed by atoms with E-state index >= 15 is 0 Å². The number of carbonyl (C=O) groups is 1. The van der Waals surface area contributed by atoms with E-state index in [9.17, 15) is 4.79 Å². The summed E-state index contributed by atoms with van der Waals surface area (Å²) < 4.78 is 6.42. The highest BCUT2D eigenvalue weighted by Crippen LogP contribution is 2.28. The lowest BCUT2D eigenvalue weighted by Crippen LogP contribution is -2.15. The number of para-hydroxylation sites is 1. The molecule has 0 bridgehead atoms. The fraction of sp³-hybridized carbons (Fsp3) is 0.125. The summed E-state index contributed by atoms with van der Waals surface area (Å²) in [6.07, 6.45) is 0.210. The van der Waals surface area contributed by atoms with Crippen LogP contribution < -0.4 is 10.1 Å². The minimum atomic E-state index is -0.165. The smallest absolute Gasteiger partial charge is 0.229 e. The number of hydrogen-bond donors (Lipinski definition) is 1. The Morgan fingerprint density at radius 2 is 2.04 bits per heavy atom. The molecule has 0 fully saturated rings. The normalized spacial score (nSPS) is 10.7. The van der Waals surface area contributed by atoms with Crippen LogP contribution in [0.4, 0.5) is 5.13 Å². The van der Waals surface area contributed by atoms with Gasteiger partial charge in [-0.1, -0.05) is 46.7 Å². The van der Waals surface area contributed by atoms with E-state index in [0.29, 0.717) is 20.9 Å². The zero-order chi connectivity index (χ0) is 16.2. The molecule has 1 heterocycles. The second kappa shape index (κ2) is 7.17. The van der Waals surface area contributed by atoms with Crippen molar-refractivity contribution in [3.05, 3.63) is 52.5 Å². The quantitative estimate of drug-likeness (QED) is 0.690. The van der Waals surface area contributed by atoms with E-state index < -0.39 is 0 Å². The average Bonchev–Trinajstić information content (AvgIpc) is 2.90.